The van der Waals surface area contributed by atoms with Gasteiger partial charge in [-0.1, -0.05) is 30.3 Å². The largest absolute Gasteiger partial charge is 0.497 e. The van der Waals surface area contributed by atoms with Gasteiger partial charge in [0.15, 0.2) is 0 Å². The van der Waals surface area contributed by atoms with Gasteiger partial charge in [0.1, 0.15) is 17.5 Å². The Hall–Kier alpha value is -2.79. The van der Waals surface area contributed by atoms with Crippen LogP contribution in [0.1, 0.15) is 27.7 Å². The molecule has 0 aliphatic carbocycles. The lowest BCUT2D eigenvalue weighted by atomic mass is 10.1. The number of fused-ring (bicyclic) bond motifs is 1. The van der Waals surface area contributed by atoms with E-state index in [-0.39, 0.29) is 12.0 Å². The normalized spacial score (nSPS) is 17.5. The summed E-state index contributed by atoms with van der Waals surface area (Å²) in [6.07, 6.45) is -0.0846. The molecule has 1 fully saturated rings. The average molecular weight is 350 g/mol. The van der Waals surface area contributed by atoms with E-state index in [1.165, 1.54) is 0 Å². The molecule has 1 saturated heterocycles. The number of nitrogens with one attached hydrogen (secondary N) is 1. The molecule has 0 unspecified atom stereocenters. The summed E-state index contributed by atoms with van der Waals surface area (Å²) in [5.41, 5.74) is 3.64. The van der Waals surface area contributed by atoms with Gasteiger partial charge in [0, 0.05) is 17.4 Å². The van der Waals surface area contributed by atoms with Crippen LogP contribution in [-0.2, 0) is 4.74 Å². The van der Waals surface area contributed by atoms with Crippen molar-refractivity contribution in [3.8, 4) is 5.75 Å². The molecule has 1 atom stereocenters. The number of amides is 1. The molecule has 1 amide bonds. The molecule has 1 N–H and O–H groups in total. The maximum Gasteiger partial charge on any atom is 0.270 e. The topological polar surface area (TPSA) is 54.6 Å². The Kier molecular flexibility index (Phi) is 4.39. The van der Waals surface area contributed by atoms with Gasteiger partial charge < -0.3 is 19.4 Å². The van der Waals surface area contributed by atoms with Crippen LogP contribution in [-0.4, -0.2) is 42.6 Å². The smallest absolute Gasteiger partial charge is 0.270 e. The second kappa shape index (κ2) is 6.84. The number of H-pyrrole nitrogens is 1. The third-order valence-electron chi connectivity index (χ3n) is 5.00. The monoisotopic (exact) mass is 350 g/mol. The van der Waals surface area contributed by atoms with E-state index in [4.69, 9.17) is 9.47 Å². The summed E-state index contributed by atoms with van der Waals surface area (Å²) in [6, 6.07) is 15.9. The molecule has 1 aliphatic rings. The van der Waals surface area contributed by atoms with Crippen molar-refractivity contribution in [2.75, 3.05) is 26.8 Å². The van der Waals surface area contributed by atoms with Crippen molar-refractivity contribution in [3.05, 3.63) is 65.4 Å². The number of benzene rings is 2. The van der Waals surface area contributed by atoms with E-state index in [0.717, 1.165) is 27.8 Å². The summed E-state index contributed by atoms with van der Waals surface area (Å²) in [5, 5.41) is 1.01. The van der Waals surface area contributed by atoms with Crippen LogP contribution in [0.3, 0.4) is 0 Å². The van der Waals surface area contributed by atoms with Crippen molar-refractivity contribution in [2.45, 2.75) is 13.0 Å². The van der Waals surface area contributed by atoms with Gasteiger partial charge in [-0.2, -0.15) is 0 Å². The Morgan fingerprint density at radius 2 is 2.04 bits per heavy atom. The fraction of sp³-hybridized carbons (Fsp3) is 0.286. The van der Waals surface area contributed by atoms with Crippen LogP contribution in [0.5, 0.6) is 5.75 Å². The van der Waals surface area contributed by atoms with Gasteiger partial charge in [-0.15, -0.1) is 0 Å². The highest BCUT2D eigenvalue weighted by Crippen LogP contribution is 2.28. The fourth-order valence-corrected chi connectivity index (χ4v) is 3.51. The number of aryl methyl sites for hydroxylation is 1. The standard InChI is InChI=1S/C21H22N2O3/c1-14-17-12-16(25-2)8-9-18(17)22-20(14)21(24)23-10-11-26-19(13-23)15-6-4-3-5-7-15/h3-9,12,19,22H,10-11,13H2,1-2H3/t19-/m1/s1. The molecule has 26 heavy (non-hydrogen) atoms. The Labute approximate surface area is 152 Å². The van der Waals surface area contributed by atoms with E-state index in [2.05, 4.69) is 4.98 Å². The highest BCUT2D eigenvalue weighted by Gasteiger charge is 2.28. The third kappa shape index (κ3) is 2.95. The van der Waals surface area contributed by atoms with E-state index in [1.54, 1.807) is 7.11 Å². The third-order valence-corrected chi connectivity index (χ3v) is 5.00. The van der Waals surface area contributed by atoms with Crippen LogP contribution in [0, 0.1) is 6.92 Å². The fourth-order valence-electron chi connectivity index (χ4n) is 3.51. The van der Waals surface area contributed by atoms with Crippen molar-refractivity contribution >= 4 is 16.8 Å². The summed E-state index contributed by atoms with van der Waals surface area (Å²) < 4.78 is 11.2. The Balaban J connectivity index is 1.61. The van der Waals surface area contributed by atoms with Gasteiger partial charge in [-0.25, -0.2) is 0 Å². The molecular formula is C21H22N2O3. The number of ether oxygens (including phenoxy) is 2. The molecule has 5 heteroatoms. The van der Waals surface area contributed by atoms with E-state index in [1.807, 2.05) is 60.4 Å². The van der Waals surface area contributed by atoms with Crippen LogP contribution in [0.25, 0.3) is 10.9 Å². The van der Waals surface area contributed by atoms with Crippen molar-refractivity contribution in [2.24, 2.45) is 0 Å². The Bertz CT molecular complexity index is 933. The van der Waals surface area contributed by atoms with Crippen molar-refractivity contribution < 1.29 is 14.3 Å². The molecule has 0 spiro atoms. The number of hydrogen-bond acceptors (Lipinski definition) is 3. The second-order valence-electron chi connectivity index (χ2n) is 6.56. The number of aromatic nitrogens is 1. The number of methoxy groups -OCH3 is 1. The van der Waals surface area contributed by atoms with Crippen LogP contribution in [0.15, 0.2) is 48.5 Å². The van der Waals surface area contributed by atoms with Crippen LogP contribution < -0.4 is 4.74 Å². The first-order valence-corrected chi connectivity index (χ1v) is 8.79. The molecule has 5 nitrogen and oxygen atoms in total. The predicted molar refractivity (Wildman–Crippen MR) is 101 cm³/mol. The highest BCUT2D eigenvalue weighted by molar-refractivity contribution is 6.01. The minimum absolute atomic E-state index is 0.0156. The number of aromatic amines is 1. The molecule has 3 aromatic rings. The van der Waals surface area contributed by atoms with Crippen LogP contribution in [0.4, 0.5) is 0 Å². The lowest BCUT2D eigenvalue weighted by Crippen LogP contribution is -2.42. The maximum atomic E-state index is 13.1. The van der Waals surface area contributed by atoms with Crippen molar-refractivity contribution in [1.29, 1.82) is 0 Å². The summed E-state index contributed by atoms with van der Waals surface area (Å²) in [5.74, 6) is 0.802. The zero-order chi connectivity index (χ0) is 18.1. The predicted octanol–water partition coefficient (Wildman–Crippen LogP) is 3.70. The van der Waals surface area contributed by atoms with Gasteiger partial charge in [0.2, 0.25) is 0 Å². The van der Waals surface area contributed by atoms with E-state index >= 15 is 0 Å². The number of hydrogen-bond donors (Lipinski definition) is 1. The summed E-state index contributed by atoms with van der Waals surface area (Å²) in [7, 11) is 1.65. The first-order chi connectivity index (χ1) is 12.7. The van der Waals surface area contributed by atoms with E-state index < -0.39 is 0 Å². The van der Waals surface area contributed by atoms with Gasteiger partial charge in [-0.3, -0.25) is 4.79 Å². The van der Waals surface area contributed by atoms with Gasteiger partial charge >= 0.3 is 0 Å². The van der Waals surface area contributed by atoms with Crippen molar-refractivity contribution in [1.82, 2.24) is 9.88 Å². The van der Waals surface area contributed by atoms with Gasteiger partial charge in [0.05, 0.1) is 20.3 Å². The SMILES string of the molecule is COc1ccc2[nH]c(C(=O)N3CCO[C@@H](c4ccccc4)C3)c(C)c2c1. The molecule has 2 heterocycles. The van der Waals surface area contributed by atoms with Crippen LogP contribution >= 0.6 is 0 Å². The minimum atomic E-state index is -0.0846. The molecule has 0 saturated carbocycles. The lowest BCUT2D eigenvalue weighted by Gasteiger charge is -2.33. The molecule has 4 rings (SSSR count). The number of carbonyl (C=O) groups excluding carboxylic acids is 1. The summed E-state index contributed by atoms with van der Waals surface area (Å²) in [4.78, 5) is 18.3. The Morgan fingerprint density at radius 1 is 1.23 bits per heavy atom. The lowest BCUT2D eigenvalue weighted by molar-refractivity contribution is -0.0230. The van der Waals surface area contributed by atoms with Gasteiger partial charge in [0.25, 0.3) is 5.91 Å². The van der Waals surface area contributed by atoms with E-state index in [0.29, 0.717) is 25.4 Å². The first-order valence-electron chi connectivity index (χ1n) is 8.79. The molecule has 1 aliphatic heterocycles. The summed E-state index contributed by atoms with van der Waals surface area (Å²) >= 11 is 0. The first kappa shape index (κ1) is 16.7. The highest BCUT2D eigenvalue weighted by atomic mass is 16.5. The van der Waals surface area contributed by atoms with Crippen LogP contribution in [0.2, 0.25) is 0 Å². The Morgan fingerprint density at radius 3 is 2.81 bits per heavy atom. The molecular weight excluding hydrogens is 328 g/mol. The minimum Gasteiger partial charge on any atom is -0.497 e. The number of nitrogens with zero attached hydrogens (tertiary/aromatic N) is 1. The maximum absolute atomic E-state index is 13.1. The molecule has 2 aromatic carbocycles. The summed E-state index contributed by atoms with van der Waals surface area (Å²) in [6.45, 7) is 3.67. The molecule has 134 valence electrons. The molecule has 0 radical (unpaired) electrons. The molecule has 0 bridgehead atoms. The number of rotatable bonds is 3. The zero-order valence-corrected chi connectivity index (χ0v) is 15.0. The van der Waals surface area contributed by atoms with Crippen molar-refractivity contribution in [3.63, 3.8) is 0 Å². The molecule has 1 aromatic heterocycles. The van der Waals surface area contributed by atoms with Gasteiger partial charge in [-0.05, 0) is 36.2 Å². The number of carbonyl (C=O) groups is 1. The zero-order valence-electron chi connectivity index (χ0n) is 15.0. The quantitative estimate of drug-likeness (QED) is 0.784. The average Bonchev–Trinajstić information content (AvgIpc) is 3.04. The number of morpholine rings is 1. The second-order valence-corrected chi connectivity index (χ2v) is 6.56. The van der Waals surface area contributed by atoms with E-state index in [9.17, 15) is 4.79 Å².